The summed E-state index contributed by atoms with van der Waals surface area (Å²) in [6.07, 6.45) is 6.41. The topological polar surface area (TPSA) is 105 Å². The minimum absolute atomic E-state index is 0.208. The molecule has 0 aliphatic rings. The fraction of sp³-hybridized carbons (Fsp3) is 0.227. The minimum atomic E-state index is -3.31. The standard InChI is InChI=1S/C22H24N4O3S/c1-22(2,3)21-24-17(14-19(25-21)18-6-5-13-23-20(18)27)12-9-15-7-10-16(11-8-15)26-30(4,28)29/h5-14,26H,1-4H3,(H,23,27). The first-order valence-corrected chi connectivity index (χ1v) is 11.2. The van der Waals surface area contributed by atoms with E-state index in [1.54, 1.807) is 48.7 Å². The van der Waals surface area contributed by atoms with Crippen molar-refractivity contribution >= 4 is 27.9 Å². The molecular weight excluding hydrogens is 400 g/mol. The molecule has 0 aliphatic heterocycles. The van der Waals surface area contributed by atoms with E-state index in [4.69, 9.17) is 0 Å². The van der Waals surface area contributed by atoms with E-state index >= 15 is 0 Å². The summed E-state index contributed by atoms with van der Waals surface area (Å²) in [5.74, 6) is 0.635. The number of hydrogen-bond donors (Lipinski definition) is 2. The van der Waals surface area contributed by atoms with E-state index in [1.165, 1.54) is 0 Å². The van der Waals surface area contributed by atoms with Crippen LogP contribution in [0.2, 0.25) is 0 Å². The van der Waals surface area contributed by atoms with Crippen LogP contribution in [0.25, 0.3) is 23.4 Å². The number of benzene rings is 1. The van der Waals surface area contributed by atoms with Crippen LogP contribution in [-0.4, -0.2) is 29.6 Å². The van der Waals surface area contributed by atoms with Gasteiger partial charge < -0.3 is 4.98 Å². The van der Waals surface area contributed by atoms with Crippen LogP contribution < -0.4 is 10.3 Å². The Balaban J connectivity index is 1.96. The third-order valence-corrected chi connectivity index (χ3v) is 4.78. The maximum atomic E-state index is 12.2. The Morgan fingerprint density at radius 3 is 2.33 bits per heavy atom. The third-order valence-electron chi connectivity index (χ3n) is 4.17. The molecule has 0 saturated heterocycles. The SMILES string of the molecule is CC(C)(C)c1nc(C=Cc2ccc(NS(C)(=O)=O)cc2)cc(-c2ccc[nH]c2=O)n1. The molecule has 2 aromatic heterocycles. The van der Waals surface area contributed by atoms with Crippen molar-refractivity contribution in [3.8, 4) is 11.3 Å². The summed E-state index contributed by atoms with van der Waals surface area (Å²) in [5.41, 5.74) is 2.59. The monoisotopic (exact) mass is 424 g/mol. The highest BCUT2D eigenvalue weighted by Crippen LogP contribution is 2.23. The van der Waals surface area contributed by atoms with E-state index in [9.17, 15) is 13.2 Å². The maximum Gasteiger partial charge on any atom is 0.257 e. The zero-order valence-corrected chi connectivity index (χ0v) is 18.1. The van der Waals surface area contributed by atoms with Crippen molar-refractivity contribution in [1.29, 1.82) is 0 Å². The zero-order chi connectivity index (χ0) is 21.9. The molecule has 0 bridgehead atoms. The second-order valence-electron chi connectivity index (χ2n) is 7.99. The Kier molecular flexibility index (Phi) is 5.89. The molecule has 0 saturated carbocycles. The predicted octanol–water partition coefficient (Wildman–Crippen LogP) is 3.67. The van der Waals surface area contributed by atoms with Crippen molar-refractivity contribution in [2.45, 2.75) is 26.2 Å². The van der Waals surface area contributed by atoms with Crippen molar-refractivity contribution < 1.29 is 8.42 Å². The number of H-pyrrole nitrogens is 1. The minimum Gasteiger partial charge on any atom is -0.329 e. The van der Waals surface area contributed by atoms with Crippen molar-refractivity contribution in [3.63, 3.8) is 0 Å². The second-order valence-corrected chi connectivity index (χ2v) is 9.74. The summed E-state index contributed by atoms with van der Waals surface area (Å²) in [5, 5.41) is 0. The lowest BCUT2D eigenvalue weighted by molar-refractivity contribution is 0.545. The summed E-state index contributed by atoms with van der Waals surface area (Å²) in [4.78, 5) is 24.1. The van der Waals surface area contributed by atoms with Crippen LogP contribution in [0.5, 0.6) is 0 Å². The molecule has 8 heteroatoms. The van der Waals surface area contributed by atoms with E-state index in [0.29, 0.717) is 28.5 Å². The van der Waals surface area contributed by atoms with E-state index in [1.807, 2.05) is 32.9 Å². The molecule has 0 amide bonds. The Morgan fingerprint density at radius 2 is 1.73 bits per heavy atom. The van der Waals surface area contributed by atoms with Crippen molar-refractivity contribution in [1.82, 2.24) is 15.0 Å². The average Bonchev–Trinajstić information content (AvgIpc) is 2.66. The van der Waals surface area contributed by atoms with Gasteiger partial charge in [-0.05, 0) is 42.0 Å². The molecular formula is C22H24N4O3S. The van der Waals surface area contributed by atoms with Gasteiger partial charge in [0, 0.05) is 17.3 Å². The Bertz CT molecular complexity index is 1240. The van der Waals surface area contributed by atoms with Crippen LogP contribution in [0.4, 0.5) is 5.69 Å². The summed E-state index contributed by atoms with van der Waals surface area (Å²) < 4.78 is 25.1. The lowest BCUT2D eigenvalue weighted by atomic mass is 9.95. The van der Waals surface area contributed by atoms with Gasteiger partial charge >= 0.3 is 0 Å². The van der Waals surface area contributed by atoms with E-state index < -0.39 is 10.0 Å². The summed E-state index contributed by atoms with van der Waals surface area (Å²) in [6, 6.07) is 12.3. The molecule has 0 atom stereocenters. The van der Waals surface area contributed by atoms with Gasteiger partial charge in [-0.25, -0.2) is 18.4 Å². The number of anilines is 1. The number of nitrogens with zero attached hydrogens (tertiary/aromatic N) is 2. The number of nitrogens with one attached hydrogen (secondary N) is 2. The quantitative estimate of drug-likeness (QED) is 0.650. The van der Waals surface area contributed by atoms with Gasteiger partial charge in [0.15, 0.2) is 0 Å². The van der Waals surface area contributed by atoms with Gasteiger partial charge in [0.25, 0.3) is 5.56 Å². The Hall–Kier alpha value is -3.26. The largest absolute Gasteiger partial charge is 0.329 e. The molecule has 0 fully saturated rings. The van der Waals surface area contributed by atoms with Gasteiger partial charge in [-0.2, -0.15) is 0 Å². The first-order chi connectivity index (χ1) is 14.0. The maximum absolute atomic E-state index is 12.2. The summed E-state index contributed by atoms with van der Waals surface area (Å²) >= 11 is 0. The molecule has 7 nitrogen and oxygen atoms in total. The van der Waals surface area contributed by atoms with Crippen LogP contribution in [0, 0.1) is 0 Å². The van der Waals surface area contributed by atoms with Crippen molar-refractivity contribution in [2.75, 3.05) is 11.0 Å². The lowest BCUT2D eigenvalue weighted by Crippen LogP contribution is -2.18. The number of aromatic nitrogens is 3. The summed E-state index contributed by atoms with van der Waals surface area (Å²) in [7, 11) is -3.31. The first kappa shape index (κ1) is 21.4. The lowest BCUT2D eigenvalue weighted by Gasteiger charge is -2.18. The number of hydrogen-bond acceptors (Lipinski definition) is 5. The fourth-order valence-corrected chi connectivity index (χ4v) is 3.27. The molecule has 1 aromatic carbocycles. The van der Waals surface area contributed by atoms with E-state index in [0.717, 1.165) is 11.8 Å². The predicted molar refractivity (Wildman–Crippen MR) is 121 cm³/mol. The van der Waals surface area contributed by atoms with Crippen LogP contribution in [0.15, 0.2) is 53.5 Å². The molecule has 2 heterocycles. The van der Waals surface area contributed by atoms with Crippen LogP contribution >= 0.6 is 0 Å². The van der Waals surface area contributed by atoms with Gasteiger partial charge in [-0.15, -0.1) is 0 Å². The second kappa shape index (κ2) is 8.23. The zero-order valence-electron chi connectivity index (χ0n) is 17.3. The smallest absolute Gasteiger partial charge is 0.257 e. The van der Waals surface area contributed by atoms with Crippen molar-refractivity contribution in [2.24, 2.45) is 0 Å². The van der Waals surface area contributed by atoms with Gasteiger partial charge in [-0.1, -0.05) is 39.0 Å². The van der Waals surface area contributed by atoms with Gasteiger partial charge in [0.05, 0.1) is 23.2 Å². The molecule has 0 radical (unpaired) electrons. The average molecular weight is 425 g/mol. The highest BCUT2D eigenvalue weighted by molar-refractivity contribution is 7.92. The molecule has 0 aliphatic carbocycles. The first-order valence-electron chi connectivity index (χ1n) is 9.35. The van der Waals surface area contributed by atoms with Gasteiger partial charge in [-0.3, -0.25) is 9.52 Å². The van der Waals surface area contributed by atoms with Crippen LogP contribution in [0.1, 0.15) is 37.9 Å². The van der Waals surface area contributed by atoms with E-state index in [2.05, 4.69) is 19.7 Å². The Morgan fingerprint density at radius 1 is 1.03 bits per heavy atom. The van der Waals surface area contributed by atoms with Gasteiger partial charge in [0.2, 0.25) is 10.0 Å². The van der Waals surface area contributed by atoms with Crippen LogP contribution in [-0.2, 0) is 15.4 Å². The third kappa shape index (κ3) is 5.64. The molecule has 0 spiro atoms. The van der Waals surface area contributed by atoms with Gasteiger partial charge in [0.1, 0.15) is 5.82 Å². The van der Waals surface area contributed by atoms with E-state index in [-0.39, 0.29) is 11.0 Å². The fourth-order valence-electron chi connectivity index (χ4n) is 2.71. The number of rotatable bonds is 5. The number of sulfonamides is 1. The molecule has 0 unspecified atom stereocenters. The molecule has 3 aromatic rings. The highest BCUT2D eigenvalue weighted by Gasteiger charge is 2.19. The molecule has 156 valence electrons. The molecule has 2 N–H and O–H groups in total. The molecule has 3 rings (SSSR count). The van der Waals surface area contributed by atoms with Crippen LogP contribution in [0.3, 0.4) is 0 Å². The Labute approximate surface area is 176 Å². The number of pyridine rings is 1. The normalized spacial score (nSPS) is 12.3. The molecule has 30 heavy (non-hydrogen) atoms. The number of aromatic amines is 1. The highest BCUT2D eigenvalue weighted by atomic mass is 32.2. The summed E-state index contributed by atoms with van der Waals surface area (Å²) in [6.45, 7) is 6.05. The van der Waals surface area contributed by atoms with Crippen molar-refractivity contribution in [3.05, 3.63) is 76.1 Å².